The van der Waals surface area contributed by atoms with Gasteiger partial charge in [0.25, 0.3) is 0 Å². The molecule has 0 heterocycles. The predicted molar refractivity (Wildman–Crippen MR) is 70.8 cm³/mol. The maximum Gasteiger partial charge on any atom is 0.419 e. The van der Waals surface area contributed by atoms with E-state index in [-0.39, 0.29) is 12.6 Å². The summed E-state index contributed by atoms with van der Waals surface area (Å²) in [4.78, 5) is 0. The molecule has 0 radical (unpaired) electrons. The topological polar surface area (TPSA) is 24.1 Å². The highest BCUT2D eigenvalue weighted by molar-refractivity contribution is 5.27. The van der Waals surface area contributed by atoms with E-state index in [1.54, 1.807) is 0 Å². The Kier molecular flexibility index (Phi) is 5.95. The molecule has 1 atom stereocenters. The fraction of sp³-hybridized carbons (Fsp3) is 0.571. The number of hydrogen-bond acceptors (Lipinski definition) is 2. The Morgan fingerprint density at radius 2 is 1.75 bits per heavy atom. The maximum atomic E-state index is 13.1. The number of halogens is 4. The second-order valence-corrected chi connectivity index (χ2v) is 5.16. The van der Waals surface area contributed by atoms with E-state index < -0.39 is 17.6 Å². The second kappa shape index (κ2) is 7.04. The molecule has 2 N–H and O–H groups in total. The Bertz CT molecular complexity index is 430. The van der Waals surface area contributed by atoms with E-state index in [2.05, 4.69) is 10.6 Å². The van der Waals surface area contributed by atoms with E-state index in [1.807, 2.05) is 20.8 Å². The zero-order valence-electron chi connectivity index (χ0n) is 11.8. The molecule has 2 nitrogen and oxygen atoms in total. The molecule has 0 spiro atoms. The van der Waals surface area contributed by atoms with Crippen molar-refractivity contribution in [3.05, 3.63) is 35.1 Å². The predicted octanol–water partition coefficient (Wildman–Crippen LogP) is 3.32. The maximum absolute atomic E-state index is 13.1. The van der Waals surface area contributed by atoms with Gasteiger partial charge in [0.1, 0.15) is 5.82 Å². The SMILES string of the molecule is CC(C)NCC(C)NCc1ccc(F)c(C(F)(F)F)c1. The van der Waals surface area contributed by atoms with Gasteiger partial charge in [-0.3, -0.25) is 0 Å². The Hall–Kier alpha value is -1.14. The van der Waals surface area contributed by atoms with E-state index in [4.69, 9.17) is 0 Å². The van der Waals surface area contributed by atoms with Crippen molar-refractivity contribution in [2.75, 3.05) is 6.54 Å². The van der Waals surface area contributed by atoms with E-state index in [0.29, 0.717) is 18.2 Å². The number of benzene rings is 1. The lowest BCUT2D eigenvalue weighted by Gasteiger charge is -2.17. The third-order valence-corrected chi connectivity index (χ3v) is 2.82. The molecule has 0 saturated heterocycles. The molecule has 1 rings (SSSR count). The molecule has 6 heteroatoms. The van der Waals surface area contributed by atoms with Gasteiger partial charge in [-0.1, -0.05) is 19.9 Å². The van der Waals surface area contributed by atoms with Crippen LogP contribution in [0.3, 0.4) is 0 Å². The average molecular weight is 292 g/mol. The Morgan fingerprint density at radius 1 is 1.10 bits per heavy atom. The Balaban J connectivity index is 2.61. The van der Waals surface area contributed by atoms with Crippen LogP contribution in [0.15, 0.2) is 18.2 Å². The monoisotopic (exact) mass is 292 g/mol. The molecule has 1 unspecified atom stereocenters. The van der Waals surface area contributed by atoms with Crippen molar-refractivity contribution in [2.24, 2.45) is 0 Å². The molecule has 0 aliphatic rings. The van der Waals surface area contributed by atoms with E-state index >= 15 is 0 Å². The van der Waals surface area contributed by atoms with Gasteiger partial charge < -0.3 is 10.6 Å². The summed E-state index contributed by atoms with van der Waals surface area (Å²) in [5.41, 5.74) is -0.806. The third kappa shape index (κ3) is 5.46. The van der Waals surface area contributed by atoms with Crippen LogP contribution >= 0.6 is 0 Å². The minimum atomic E-state index is -4.66. The number of hydrogen-bond donors (Lipinski definition) is 2. The van der Waals surface area contributed by atoms with Crippen molar-refractivity contribution in [1.82, 2.24) is 10.6 Å². The zero-order chi connectivity index (χ0) is 15.3. The molecule has 1 aromatic carbocycles. The first-order valence-corrected chi connectivity index (χ1v) is 6.52. The van der Waals surface area contributed by atoms with Gasteiger partial charge in [0, 0.05) is 25.2 Å². The highest BCUT2D eigenvalue weighted by Crippen LogP contribution is 2.31. The van der Waals surface area contributed by atoms with Crippen molar-refractivity contribution in [1.29, 1.82) is 0 Å². The van der Waals surface area contributed by atoms with Gasteiger partial charge in [-0.05, 0) is 24.6 Å². The summed E-state index contributed by atoms with van der Waals surface area (Å²) in [6, 6.07) is 3.53. The molecule has 0 aliphatic carbocycles. The first-order chi connectivity index (χ1) is 9.20. The van der Waals surface area contributed by atoms with E-state index in [1.165, 1.54) is 6.07 Å². The standard InChI is InChI=1S/C14H20F4N2/c1-9(2)19-7-10(3)20-8-11-4-5-13(15)12(6-11)14(16,17)18/h4-6,9-10,19-20H,7-8H2,1-3H3. The summed E-state index contributed by atoms with van der Waals surface area (Å²) in [6.45, 7) is 6.95. The molecule has 0 aliphatic heterocycles. The van der Waals surface area contributed by atoms with Gasteiger partial charge in [0.15, 0.2) is 0 Å². The highest BCUT2D eigenvalue weighted by Gasteiger charge is 2.34. The molecule has 0 aromatic heterocycles. The second-order valence-electron chi connectivity index (χ2n) is 5.16. The quantitative estimate of drug-likeness (QED) is 0.786. The lowest BCUT2D eigenvalue weighted by molar-refractivity contribution is -0.140. The van der Waals surface area contributed by atoms with Crippen molar-refractivity contribution in [3.63, 3.8) is 0 Å². The van der Waals surface area contributed by atoms with Crippen LogP contribution < -0.4 is 10.6 Å². The minimum absolute atomic E-state index is 0.108. The highest BCUT2D eigenvalue weighted by atomic mass is 19.4. The van der Waals surface area contributed by atoms with E-state index in [9.17, 15) is 17.6 Å². The van der Waals surface area contributed by atoms with Crippen LogP contribution in [0.1, 0.15) is 31.9 Å². The molecule has 114 valence electrons. The molecular weight excluding hydrogens is 272 g/mol. The number of alkyl halides is 3. The molecule has 0 fully saturated rings. The molecule has 20 heavy (non-hydrogen) atoms. The van der Waals surface area contributed by atoms with Crippen molar-refractivity contribution < 1.29 is 17.6 Å². The third-order valence-electron chi connectivity index (χ3n) is 2.82. The lowest BCUT2D eigenvalue weighted by Crippen LogP contribution is -2.38. The number of nitrogens with one attached hydrogen (secondary N) is 2. The first-order valence-electron chi connectivity index (χ1n) is 6.52. The summed E-state index contributed by atoms with van der Waals surface area (Å²) < 4.78 is 50.8. The van der Waals surface area contributed by atoms with Gasteiger partial charge in [-0.25, -0.2) is 4.39 Å². The van der Waals surface area contributed by atoms with Crippen LogP contribution in [0.5, 0.6) is 0 Å². The summed E-state index contributed by atoms with van der Waals surface area (Å²) in [6.07, 6.45) is -4.66. The lowest BCUT2D eigenvalue weighted by atomic mass is 10.1. The number of rotatable bonds is 6. The van der Waals surface area contributed by atoms with Gasteiger partial charge in [-0.15, -0.1) is 0 Å². The fourth-order valence-electron chi connectivity index (χ4n) is 1.68. The van der Waals surface area contributed by atoms with E-state index in [0.717, 1.165) is 12.1 Å². The van der Waals surface area contributed by atoms with Crippen LogP contribution in [0, 0.1) is 5.82 Å². The fourth-order valence-corrected chi connectivity index (χ4v) is 1.68. The summed E-state index contributed by atoms with van der Waals surface area (Å²) >= 11 is 0. The van der Waals surface area contributed by atoms with Crippen LogP contribution in [-0.2, 0) is 12.7 Å². The van der Waals surface area contributed by atoms with Gasteiger partial charge >= 0.3 is 6.18 Å². The largest absolute Gasteiger partial charge is 0.419 e. The molecule has 1 aromatic rings. The summed E-state index contributed by atoms with van der Waals surface area (Å²) in [7, 11) is 0. The van der Waals surface area contributed by atoms with Gasteiger partial charge in [-0.2, -0.15) is 13.2 Å². The Morgan fingerprint density at radius 3 is 2.30 bits per heavy atom. The molecule has 0 bridgehead atoms. The van der Waals surface area contributed by atoms with Gasteiger partial charge in [0.2, 0.25) is 0 Å². The van der Waals surface area contributed by atoms with Crippen LogP contribution in [0.2, 0.25) is 0 Å². The van der Waals surface area contributed by atoms with Crippen molar-refractivity contribution in [3.8, 4) is 0 Å². The minimum Gasteiger partial charge on any atom is -0.313 e. The average Bonchev–Trinajstić information content (AvgIpc) is 2.33. The summed E-state index contributed by atoms with van der Waals surface area (Å²) in [5, 5.41) is 6.32. The summed E-state index contributed by atoms with van der Waals surface area (Å²) in [5.74, 6) is -1.24. The van der Waals surface area contributed by atoms with Crippen molar-refractivity contribution in [2.45, 2.75) is 45.6 Å². The molecule has 0 saturated carbocycles. The van der Waals surface area contributed by atoms with Crippen LogP contribution in [-0.4, -0.2) is 18.6 Å². The normalized spacial score (nSPS) is 13.8. The smallest absolute Gasteiger partial charge is 0.313 e. The van der Waals surface area contributed by atoms with Crippen molar-refractivity contribution >= 4 is 0 Å². The van der Waals surface area contributed by atoms with Crippen LogP contribution in [0.4, 0.5) is 17.6 Å². The molecular formula is C14H20F4N2. The first kappa shape index (κ1) is 16.9. The van der Waals surface area contributed by atoms with Gasteiger partial charge in [0.05, 0.1) is 5.56 Å². The zero-order valence-corrected chi connectivity index (χ0v) is 11.8. The Labute approximate surface area is 116 Å². The molecule has 0 amide bonds. The van der Waals surface area contributed by atoms with Crippen LogP contribution in [0.25, 0.3) is 0 Å².